The quantitative estimate of drug-likeness (QED) is 0.257. The predicted molar refractivity (Wildman–Crippen MR) is 122 cm³/mol. The molecule has 0 saturated heterocycles. The number of primary sulfonamides is 1. The molecule has 154 valence electrons. The van der Waals surface area contributed by atoms with Crippen molar-refractivity contribution < 1.29 is 12.8 Å². The second-order valence-corrected chi connectivity index (χ2v) is 7.54. The van der Waals surface area contributed by atoms with Crippen molar-refractivity contribution in [2.45, 2.75) is 18.0 Å². The van der Waals surface area contributed by atoms with Crippen molar-refractivity contribution in [1.82, 2.24) is 15.6 Å². The molecule has 0 amide bonds. The van der Waals surface area contributed by atoms with Gasteiger partial charge < -0.3 is 15.1 Å². The Balaban J connectivity index is 0.00000300. The van der Waals surface area contributed by atoms with Crippen molar-refractivity contribution in [3.8, 4) is 11.5 Å². The van der Waals surface area contributed by atoms with Gasteiger partial charge in [0, 0.05) is 19.2 Å². The number of halogens is 1. The maximum absolute atomic E-state index is 11.3. The molecule has 0 aliphatic carbocycles. The van der Waals surface area contributed by atoms with Gasteiger partial charge in [0.15, 0.2) is 5.96 Å². The number of benzene rings is 2. The summed E-state index contributed by atoms with van der Waals surface area (Å²) in [7, 11) is -2.02. The molecule has 0 bridgehead atoms. The molecule has 10 heteroatoms. The van der Waals surface area contributed by atoms with Crippen LogP contribution in [0.1, 0.15) is 11.3 Å². The Hall–Kier alpha value is -2.44. The molecule has 0 saturated carbocycles. The lowest BCUT2D eigenvalue weighted by atomic mass is 10.2. The van der Waals surface area contributed by atoms with Gasteiger partial charge in [0.05, 0.1) is 17.1 Å². The summed E-state index contributed by atoms with van der Waals surface area (Å²) in [6, 6.07) is 16.0. The van der Waals surface area contributed by atoms with E-state index in [9.17, 15) is 8.42 Å². The Kier molecular flexibility index (Phi) is 8.17. The lowest BCUT2D eigenvalue weighted by molar-refractivity contribution is 0.572. The van der Waals surface area contributed by atoms with Gasteiger partial charge in [-0.25, -0.2) is 18.5 Å². The van der Waals surface area contributed by atoms with Crippen LogP contribution in [0.5, 0.6) is 0 Å². The second kappa shape index (κ2) is 10.4. The van der Waals surface area contributed by atoms with Crippen LogP contribution < -0.4 is 15.8 Å². The SMILES string of the molecule is CN=C(NCc1ccc(S(N)(=O)=O)cc1)NCc1coc(-c2ccccc2)n1.I. The Morgan fingerprint density at radius 1 is 1.07 bits per heavy atom. The van der Waals surface area contributed by atoms with E-state index in [0.717, 1.165) is 16.8 Å². The number of hydrogen-bond donors (Lipinski definition) is 3. The minimum absolute atomic E-state index is 0. The number of aliphatic imine (C=N–C) groups is 1. The molecule has 4 N–H and O–H groups in total. The zero-order valence-electron chi connectivity index (χ0n) is 15.7. The van der Waals surface area contributed by atoms with Gasteiger partial charge in [-0.15, -0.1) is 24.0 Å². The minimum atomic E-state index is -3.69. The number of guanidine groups is 1. The number of nitrogens with one attached hydrogen (secondary N) is 2. The van der Waals surface area contributed by atoms with Crippen molar-refractivity contribution in [3.05, 3.63) is 72.1 Å². The average Bonchev–Trinajstić information content (AvgIpc) is 3.17. The van der Waals surface area contributed by atoms with Crippen molar-refractivity contribution in [2.24, 2.45) is 10.1 Å². The molecular weight excluding hydrogens is 505 g/mol. The summed E-state index contributed by atoms with van der Waals surface area (Å²) in [4.78, 5) is 8.70. The van der Waals surface area contributed by atoms with Gasteiger partial charge >= 0.3 is 0 Å². The highest BCUT2D eigenvalue weighted by atomic mass is 127. The van der Waals surface area contributed by atoms with E-state index >= 15 is 0 Å². The first-order valence-corrected chi connectivity index (χ1v) is 10.1. The monoisotopic (exact) mass is 527 g/mol. The van der Waals surface area contributed by atoms with Crippen LogP contribution in [0.4, 0.5) is 0 Å². The number of nitrogens with zero attached hydrogens (tertiary/aromatic N) is 2. The van der Waals surface area contributed by atoms with Gasteiger partial charge in [-0.3, -0.25) is 4.99 Å². The van der Waals surface area contributed by atoms with Crippen LogP contribution in [0, 0.1) is 0 Å². The molecule has 0 atom stereocenters. The average molecular weight is 527 g/mol. The predicted octanol–water partition coefficient (Wildman–Crippen LogP) is 2.47. The second-order valence-electron chi connectivity index (χ2n) is 5.98. The largest absolute Gasteiger partial charge is 0.444 e. The molecule has 0 fully saturated rings. The number of oxazole rings is 1. The number of nitrogens with two attached hydrogens (primary N) is 1. The summed E-state index contributed by atoms with van der Waals surface area (Å²) in [5.41, 5.74) is 2.56. The van der Waals surface area contributed by atoms with Crippen LogP contribution in [0.2, 0.25) is 0 Å². The zero-order valence-corrected chi connectivity index (χ0v) is 18.8. The molecule has 1 heterocycles. The Morgan fingerprint density at radius 3 is 2.34 bits per heavy atom. The highest BCUT2D eigenvalue weighted by molar-refractivity contribution is 14.0. The molecule has 0 spiro atoms. The van der Waals surface area contributed by atoms with Crippen LogP contribution in [0.3, 0.4) is 0 Å². The lowest BCUT2D eigenvalue weighted by Gasteiger charge is -2.11. The standard InChI is InChI=1S/C19H21N5O3S.HI/c1-21-19(22-11-14-7-9-17(10-8-14)28(20,25)26)23-12-16-13-27-18(24-16)15-5-3-2-4-6-15;/h2-10,13H,11-12H2,1H3,(H2,20,25,26)(H2,21,22,23);1H. The van der Waals surface area contributed by atoms with Gasteiger partial charge in [0.2, 0.25) is 15.9 Å². The maximum Gasteiger partial charge on any atom is 0.238 e. The Labute approximate surface area is 186 Å². The van der Waals surface area contributed by atoms with Crippen molar-refractivity contribution in [2.75, 3.05) is 7.05 Å². The van der Waals surface area contributed by atoms with Crippen LogP contribution in [-0.4, -0.2) is 26.4 Å². The van der Waals surface area contributed by atoms with Crippen LogP contribution in [0.25, 0.3) is 11.5 Å². The van der Waals surface area contributed by atoms with E-state index in [2.05, 4.69) is 20.6 Å². The van der Waals surface area contributed by atoms with E-state index in [-0.39, 0.29) is 28.9 Å². The fourth-order valence-corrected chi connectivity index (χ4v) is 2.99. The van der Waals surface area contributed by atoms with E-state index in [1.165, 1.54) is 12.1 Å². The highest BCUT2D eigenvalue weighted by Crippen LogP contribution is 2.17. The maximum atomic E-state index is 11.3. The van der Waals surface area contributed by atoms with Gasteiger partial charge in [-0.2, -0.15) is 0 Å². The smallest absolute Gasteiger partial charge is 0.238 e. The normalized spacial score (nSPS) is 11.6. The first-order chi connectivity index (χ1) is 13.5. The van der Waals surface area contributed by atoms with E-state index < -0.39 is 10.0 Å². The Morgan fingerprint density at radius 2 is 1.72 bits per heavy atom. The van der Waals surface area contributed by atoms with Gasteiger partial charge in [0.1, 0.15) is 6.26 Å². The molecule has 8 nitrogen and oxygen atoms in total. The van der Waals surface area contributed by atoms with Crippen LogP contribution in [-0.2, 0) is 23.1 Å². The van der Waals surface area contributed by atoms with Crippen LogP contribution >= 0.6 is 24.0 Å². The zero-order chi connectivity index (χ0) is 20.0. The van der Waals surface area contributed by atoms with Crippen LogP contribution in [0.15, 0.2) is 75.2 Å². The molecule has 3 rings (SSSR count). The molecular formula is C19H22IN5O3S. The summed E-state index contributed by atoms with van der Waals surface area (Å²) < 4.78 is 28.1. The molecule has 1 aromatic heterocycles. The van der Waals surface area contributed by atoms with Gasteiger partial charge in [-0.05, 0) is 29.8 Å². The third-order valence-electron chi connectivity index (χ3n) is 3.94. The third-order valence-corrected chi connectivity index (χ3v) is 4.87. The Bertz CT molecular complexity index is 1050. The highest BCUT2D eigenvalue weighted by Gasteiger charge is 2.08. The molecule has 29 heavy (non-hydrogen) atoms. The number of rotatable bonds is 6. The summed E-state index contributed by atoms with van der Waals surface area (Å²) in [5, 5.41) is 11.4. The topological polar surface area (TPSA) is 123 Å². The number of aromatic nitrogens is 1. The summed E-state index contributed by atoms with van der Waals surface area (Å²) in [5.74, 6) is 1.15. The summed E-state index contributed by atoms with van der Waals surface area (Å²) >= 11 is 0. The third kappa shape index (κ3) is 6.54. The fourth-order valence-electron chi connectivity index (χ4n) is 2.48. The van der Waals surface area contributed by atoms with E-state index in [4.69, 9.17) is 9.56 Å². The molecule has 3 aromatic rings. The number of sulfonamides is 1. The molecule has 0 aliphatic heterocycles. The van der Waals surface area contributed by atoms with Crippen molar-refractivity contribution in [3.63, 3.8) is 0 Å². The van der Waals surface area contributed by atoms with E-state index in [0.29, 0.717) is 24.9 Å². The fraction of sp³-hybridized carbons (Fsp3) is 0.158. The number of hydrogen-bond acceptors (Lipinski definition) is 5. The van der Waals surface area contributed by atoms with Crippen molar-refractivity contribution >= 4 is 40.0 Å². The van der Waals surface area contributed by atoms with Gasteiger partial charge in [-0.1, -0.05) is 30.3 Å². The van der Waals surface area contributed by atoms with Crippen molar-refractivity contribution in [1.29, 1.82) is 0 Å². The summed E-state index contributed by atoms with van der Waals surface area (Å²) in [6.45, 7) is 0.916. The molecule has 0 aliphatic rings. The van der Waals surface area contributed by atoms with E-state index in [1.54, 1.807) is 25.4 Å². The summed E-state index contributed by atoms with van der Waals surface area (Å²) in [6.07, 6.45) is 1.61. The molecule has 0 radical (unpaired) electrons. The molecule has 2 aromatic carbocycles. The van der Waals surface area contributed by atoms with Gasteiger partial charge in [0.25, 0.3) is 0 Å². The van der Waals surface area contributed by atoms with E-state index in [1.807, 2.05) is 30.3 Å². The lowest BCUT2D eigenvalue weighted by Crippen LogP contribution is -2.36. The minimum Gasteiger partial charge on any atom is -0.444 e. The first-order valence-electron chi connectivity index (χ1n) is 8.52. The first kappa shape index (κ1) is 22.8. The molecule has 0 unspecified atom stereocenters.